The molecule has 0 aliphatic carbocycles. The molecule has 1 aliphatic rings. The first-order valence-electron chi connectivity index (χ1n) is 5.95. The van der Waals surface area contributed by atoms with Crippen LogP contribution in [0.25, 0.3) is 0 Å². The highest BCUT2D eigenvalue weighted by Crippen LogP contribution is 2.19. The Kier molecular flexibility index (Phi) is 3.91. The summed E-state index contributed by atoms with van der Waals surface area (Å²) in [5.74, 6) is -2.87. The van der Waals surface area contributed by atoms with Crippen LogP contribution >= 0.6 is 0 Å². The molecule has 0 radical (unpaired) electrons. The van der Waals surface area contributed by atoms with Gasteiger partial charge in [0.05, 0.1) is 5.92 Å². The molecule has 1 heterocycles. The Hall–Kier alpha value is -1.49. The zero-order chi connectivity index (χ0) is 13.1. The molecule has 5 heteroatoms. The number of benzene rings is 1. The lowest BCUT2D eigenvalue weighted by atomic mass is 9.98. The van der Waals surface area contributed by atoms with Gasteiger partial charge in [-0.15, -0.1) is 0 Å². The van der Waals surface area contributed by atoms with Gasteiger partial charge in [-0.3, -0.25) is 9.69 Å². The van der Waals surface area contributed by atoms with E-state index in [1.54, 1.807) is 0 Å². The van der Waals surface area contributed by atoms with Gasteiger partial charge in [0, 0.05) is 13.1 Å². The van der Waals surface area contributed by atoms with Crippen LogP contribution in [0.5, 0.6) is 0 Å². The van der Waals surface area contributed by atoms with Gasteiger partial charge in [-0.05, 0) is 37.1 Å². The number of aliphatic carboxylic acids is 1. The number of carboxylic acid groups (broad SMARTS) is 1. The van der Waals surface area contributed by atoms with E-state index in [0.29, 0.717) is 25.1 Å². The fourth-order valence-corrected chi connectivity index (χ4v) is 2.30. The second kappa shape index (κ2) is 5.44. The van der Waals surface area contributed by atoms with Crippen LogP contribution < -0.4 is 0 Å². The van der Waals surface area contributed by atoms with Crippen molar-refractivity contribution in [3.05, 3.63) is 35.4 Å². The molecule has 1 saturated heterocycles. The van der Waals surface area contributed by atoms with Gasteiger partial charge >= 0.3 is 5.97 Å². The van der Waals surface area contributed by atoms with Crippen molar-refractivity contribution in [3.8, 4) is 0 Å². The Morgan fingerprint density at radius 2 is 2.17 bits per heavy atom. The third-order valence-corrected chi connectivity index (χ3v) is 3.24. The Morgan fingerprint density at radius 1 is 1.39 bits per heavy atom. The van der Waals surface area contributed by atoms with E-state index in [-0.39, 0.29) is 5.92 Å². The van der Waals surface area contributed by atoms with Crippen LogP contribution in [-0.4, -0.2) is 29.1 Å². The Labute approximate surface area is 104 Å². The van der Waals surface area contributed by atoms with E-state index in [0.717, 1.165) is 19.0 Å². The van der Waals surface area contributed by atoms with Crippen molar-refractivity contribution in [1.29, 1.82) is 0 Å². The molecule has 1 aromatic carbocycles. The fraction of sp³-hybridized carbons (Fsp3) is 0.462. The number of nitrogens with zero attached hydrogens (tertiary/aromatic N) is 1. The summed E-state index contributed by atoms with van der Waals surface area (Å²) in [5.41, 5.74) is 0.667. The van der Waals surface area contributed by atoms with Crippen LogP contribution in [0.15, 0.2) is 18.2 Å². The minimum absolute atomic E-state index is 0.357. The van der Waals surface area contributed by atoms with Gasteiger partial charge in [-0.1, -0.05) is 6.07 Å². The highest BCUT2D eigenvalue weighted by molar-refractivity contribution is 5.70. The van der Waals surface area contributed by atoms with Crippen molar-refractivity contribution in [1.82, 2.24) is 4.90 Å². The van der Waals surface area contributed by atoms with Gasteiger partial charge in [0.1, 0.15) is 0 Å². The third kappa shape index (κ3) is 3.04. The van der Waals surface area contributed by atoms with Crippen molar-refractivity contribution in [2.24, 2.45) is 5.92 Å². The molecule has 0 bridgehead atoms. The average molecular weight is 255 g/mol. The van der Waals surface area contributed by atoms with Crippen LogP contribution in [0.4, 0.5) is 8.78 Å². The quantitative estimate of drug-likeness (QED) is 0.900. The normalized spacial score (nSPS) is 20.9. The van der Waals surface area contributed by atoms with Crippen LogP contribution in [0.2, 0.25) is 0 Å². The van der Waals surface area contributed by atoms with Crippen molar-refractivity contribution in [2.45, 2.75) is 19.4 Å². The summed E-state index contributed by atoms with van der Waals surface area (Å²) >= 11 is 0. The van der Waals surface area contributed by atoms with Crippen molar-refractivity contribution >= 4 is 5.97 Å². The van der Waals surface area contributed by atoms with Crippen molar-refractivity contribution in [2.75, 3.05) is 13.1 Å². The second-order valence-corrected chi connectivity index (χ2v) is 4.66. The molecule has 1 aliphatic heterocycles. The molecular weight excluding hydrogens is 240 g/mol. The molecule has 0 saturated carbocycles. The molecule has 0 spiro atoms. The minimum atomic E-state index is -0.862. The summed E-state index contributed by atoms with van der Waals surface area (Å²) in [4.78, 5) is 12.9. The number of halogens is 2. The predicted octanol–water partition coefficient (Wildman–Crippen LogP) is 2.26. The molecule has 1 atom stereocenters. The molecule has 2 rings (SSSR count). The molecule has 1 unspecified atom stereocenters. The lowest BCUT2D eigenvalue weighted by Gasteiger charge is -2.30. The fourth-order valence-electron chi connectivity index (χ4n) is 2.30. The first-order chi connectivity index (χ1) is 8.56. The number of likely N-dealkylation sites (tertiary alicyclic amines) is 1. The van der Waals surface area contributed by atoms with E-state index in [9.17, 15) is 13.6 Å². The molecule has 98 valence electrons. The lowest BCUT2D eigenvalue weighted by molar-refractivity contribution is -0.143. The first kappa shape index (κ1) is 13.0. The van der Waals surface area contributed by atoms with E-state index in [2.05, 4.69) is 0 Å². The molecule has 18 heavy (non-hydrogen) atoms. The minimum Gasteiger partial charge on any atom is -0.481 e. The number of carbonyl (C=O) groups is 1. The Morgan fingerprint density at radius 3 is 2.83 bits per heavy atom. The molecule has 3 nitrogen and oxygen atoms in total. The predicted molar refractivity (Wildman–Crippen MR) is 62.0 cm³/mol. The zero-order valence-corrected chi connectivity index (χ0v) is 9.90. The van der Waals surface area contributed by atoms with E-state index in [1.807, 2.05) is 4.90 Å². The van der Waals surface area contributed by atoms with E-state index >= 15 is 0 Å². The number of hydrogen-bond acceptors (Lipinski definition) is 2. The number of carboxylic acids is 1. The summed E-state index contributed by atoms with van der Waals surface area (Å²) in [7, 11) is 0. The molecule has 0 amide bonds. The molecule has 1 fully saturated rings. The van der Waals surface area contributed by atoms with Crippen LogP contribution in [-0.2, 0) is 11.3 Å². The molecule has 1 N–H and O–H groups in total. The maximum atomic E-state index is 13.1. The summed E-state index contributed by atoms with van der Waals surface area (Å²) in [5, 5.41) is 8.97. The smallest absolute Gasteiger partial charge is 0.307 e. The zero-order valence-electron chi connectivity index (χ0n) is 9.90. The summed E-state index contributed by atoms with van der Waals surface area (Å²) in [6.45, 7) is 1.72. The van der Waals surface area contributed by atoms with Gasteiger partial charge in [-0.25, -0.2) is 8.78 Å². The number of rotatable bonds is 3. The Balaban J connectivity index is 2.00. The maximum Gasteiger partial charge on any atom is 0.307 e. The maximum absolute atomic E-state index is 13.1. The third-order valence-electron chi connectivity index (χ3n) is 3.24. The summed E-state index contributed by atoms with van der Waals surface area (Å²) in [6, 6.07) is 3.80. The SMILES string of the molecule is O=C(O)C1CCCN(Cc2ccc(F)c(F)c2)C1. The highest BCUT2D eigenvalue weighted by atomic mass is 19.2. The van der Waals surface area contributed by atoms with Crippen LogP contribution in [0.1, 0.15) is 18.4 Å². The van der Waals surface area contributed by atoms with Gasteiger partial charge in [0.25, 0.3) is 0 Å². The monoisotopic (exact) mass is 255 g/mol. The van der Waals surface area contributed by atoms with Gasteiger partial charge in [0.2, 0.25) is 0 Å². The van der Waals surface area contributed by atoms with Crippen LogP contribution in [0.3, 0.4) is 0 Å². The summed E-state index contributed by atoms with van der Waals surface area (Å²) < 4.78 is 25.8. The van der Waals surface area contributed by atoms with Gasteiger partial charge < -0.3 is 5.11 Å². The lowest BCUT2D eigenvalue weighted by Crippen LogP contribution is -2.38. The molecule has 1 aromatic rings. The highest BCUT2D eigenvalue weighted by Gasteiger charge is 2.25. The largest absolute Gasteiger partial charge is 0.481 e. The van der Waals surface area contributed by atoms with Crippen molar-refractivity contribution in [3.63, 3.8) is 0 Å². The second-order valence-electron chi connectivity index (χ2n) is 4.66. The van der Waals surface area contributed by atoms with E-state index in [1.165, 1.54) is 12.1 Å². The Bertz CT molecular complexity index is 451. The van der Waals surface area contributed by atoms with Crippen LogP contribution in [0, 0.1) is 17.6 Å². The number of piperidine rings is 1. The average Bonchev–Trinajstić information content (AvgIpc) is 2.34. The van der Waals surface area contributed by atoms with Gasteiger partial charge in [0.15, 0.2) is 11.6 Å². The van der Waals surface area contributed by atoms with Gasteiger partial charge in [-0.2, -0.15) is 0 Å². The first-order valence-corrected chi connectivity index (χ1v) is 5.95. The summed E-state index contributed by atoms with van der Waals surface area (Å²) in [6.07, 6.45) is 1.50. The topological polar surface area (TPSA) is 40.5 Å². The van der Waals surface area contributed by atoms with E-state index < -0.39 is 17.6 Å². The van der Waals surface area contributed by atoms with Crippen molar-refractivity contribution < 1.29 is 18.7 Å². The standard InChI is InChI=1S/C13H15F2NO2/c14-11-4-3-9(6-12(11)15)7-16-5-1-2-10(8-16)13(17)18/h3-4,6,10H,1-2,5,7-8H2,(H,17,18). The molecular formula is C13H15F2NO2. The number of hydrogen-bond donors (Lipinski definition) is 1. The van der Waals surface area contributed by atoms with E-state index in [4.69, 9.17) is 5.11 Å². The molecule has 0 aromatic heterocycles.